The van der Waals surface area contributed by atoms with Gasteiger partial charge in [0.15, 0.2) is 0 Å². The minimum absolute atomic E-state index is 0.00951. The van der Waals surface area contributed by atoms with Crippen LogP contribution in [0.15, 0.2) is 39.6 Å². The number of carbonyl (C=O) groups excluding carboxylic acids is 1. The van der Waals surface area contributed by atoms with Crippen LogP contribution in [-0.4, -0.2) is 17.6 Å². The number of hydrogen-bond donors (Lipinski definition) is 0. The van der Waals surface area contributed by atoms with Gasteiger partial charge in [-0.3, -0.25) is 4.79 Å². The second kappa shape index (κ2) is 6.71. The van der Waals surface area contributed by atoms with Crippen LogP contribution in [0.25, 0.3) is 0 Å². The van der Waals surface area contributed by atoms with Gasteiger partial charge < -0.3 is 9.30 Å². The highest BCUT2D eigenvalue weighted by Gasteiger charge is 2.22. The fourth-order valence-electron chi connectivity index (χ4n) is 3.06. The number of ether oxygens (including phenoxy) is 1. The Kier molecular flexibility index (Phi) is 4.66. The number of methoxy groups -OCH3 is 1. The second-order valence-electron chi connectivity index (χ2n) is 5.74. The van der Waals surface area contributed by atoms with Crippen molar-refractivity contribution in [3.63, 3.8) is 0 Å². The van der Waals surface area contributed by atoms with Crippen molar-refractivity contribution < 1.29 is 9.53 Å². The number of pyridine rings is 1. The highest BCUT2D eigenvalue weighted by molar-refractivity contribution is 9.10. The van der Waals surface area contributed by atoms with Crippen LogP contribution in [0, 0.1) is 0 Å². The van der Waals surface area contributed by atoms with Gasteiger partial charge in [-0.15, -0.1) is 0 Å². The van der Waals surface area contributed by atoms with E-state index in [0.29, 0.717) is 24.1 Å². The van der Waals surface area contributed by atoms with E-state index in [1.807, 2.05) is 24.3 Å². The van der Waals surface area contributed by atoms with Crippen molar-refractivity contribution in [3.05, 3.63) is 67.5 Å². The summed E-state index contributed by atoms with van der Waals surface area (Å²) in [6, 6.07) is 9.57. The lowest BCUT2D eigenvalue weighted by molar-refractivity contribution is 0.0597. The van der Waals surface area contributed by atoms with Crippen LogP contribution in [0.4, 0.5) is 0 Å². The molecule has 1 aromatic heterocycles. The van der Waals surface area contributed by atoms with Gasteiger partial charge in [-0.25, -0.2) is 4.79 Å². The molecule has 2 aromatic rings. The first-order valence-corrected chi connectivity index (χ1v) is 8.48. The van der Waals surface area contributed by atoms with Crippen LogP contribution in [0.1, 0.15) is 40.0 Å². The molecule has 1 aliphatic heterocycles. The Morgan fingerprint density at radius 2 is 2.00 bits per heavy atom. The molecule has 0 fully saturated rings. The molecule has 23 heavy (non-hydrogen) atoms. The van der Waals surface area contributed by atoms with Crippen LogP contribution < -0.4 is 5.56 Å². The summed E-state index contributed by atoms with van der Waals surface area (Å²) >= 11 is 3.41. The molecule has 4 nitrogen and oxygen atoms in total. The van der Waals surface area contributed by atoms with Crippen LogP contribution in [0.5, 0.6) is 0 Å². The van der Waals surface area contributed by atoms with E-state index in [1.165, 1.54) is 7.11 Å². The monoisotopic (exact) mass is 375 g/mol. The third kappa shape index (κ3) is 3.24. The third-order valence-electron chi connectivity index (χ3n) is 4.23. The zero-order valence-corrected chi connectivity index (χ0v) is 14.6. The summed E-state index contributed by atoms with van der Waals surface area (Å²) in [5.74, 6) is -0.368. The Bertz CT molecular complexity index is 793. The van der Waals surface area contributed by atoms with Gasteiger partial charge >= 0.3 is 5.97 Å². The summed E-state index contributed by atoms with van der Waals surface area (Å²) in [5, 5.41) is 0. The molecule has 1 aromatic carbocycles. The normalized spacial score (nSPS) is 13.5. The minimum atomic E-state index is -0.368. The van der Waals surface area contributed by atoms with E-state index in [9.17, 15) is 9.59 Å². The fraction of sp³-hybridized carbons (Fsp3) is 0.333. The number of fused-ring (bicyclic) bond motifs is 1. The largest absolute Gasteiger partial charge is 0.465 e. The molecule has 0 aliphatic carbocycles. The summed E-state index contributed by atoms with van der Waals surface area (Å²) in [7, 11) is 1.38. The van der Waals surface area contributed by atoms with Crippen molar-refractivity contribution in [2.75, 3.05) is 7.11 Å². The van der Waals surface area contributed by atoms with E-state index in [1.54, 1.807) is 10.6 Å². The number of benzene rings is 1. The van der Waals surface area contributed by atoms with Gasteiger partial charge in [-0.2, -0.15) is 0 Å². The second-order valence-corrected chi connectivity index (χ2v) is 6.65. The molecule has 0 saturated carbocycles. The van der Waals surface area contributed by atoms with Gasteiger partial charge in [0.05, 0.1) is 12.7 Å². The molecule has 0 unspecified atom stereocenters. The molecule has 120 valence electrons. The SMILES string of the molecule is COC(=O)c1cc(Cc2ccc(Br)cc2)c(=O)n2c1CCCC2. The first kappa shape index (κ1) is 16.0. The molecule has 0 spiro atoms. The molecule has 1 aliphatic rings. The molecule has 2 heterocycles. The summed E-state index contributed by atoms with van der Waals surface area (Å²) in [5.41, 5.74) is 3.03. The lowest BCUT2D eigenvalue weighted by Gasteiger charge is -2.22. The highest BCUT2D eigenvalue weighted by atomic mass is 79.9. The van der Waals surface area contributed by atoms with Gasteiger partial charge in [0.25, 0.3) is 5.56 Å². The van der Waals surface area contributed by atoms with Crippen molar-refractivity contribution in [2.45, 2.75) is 32.2 Å². The topological polar surface area (TPSA) is 48.3 Å². The predicted octanol–water partition coefficient (Wildman–Crippen LogP) is 3.32. The number of hydrogen-bond acceptors (Lipinski definition) is 3. The Morgan fingerprint density at radius 1 is 1.26 bits per heavy atom. The lowest BCUT2D eigenvalue weighted by atomic mass is 9.98. The molecule has 5 heteroatoms. The van der Waals surface area contributed by atoms with Crippen molar-refractivity contribution in [1.82, 2.24) is 4.57 Å². The molecule has 0 amide bonds. The summed E-state index contributed by atoms with van der Waals surface area (Å²) in [6.45, 7) is 0.673. The highest BCUT2D eigenvalue weighted by Crippen LogP contribution is 2.20. The Labute approximate surface area is 143 Å². The van der Waals surface area contributed by atoms with E-state index in [-0.39, 0.29) is 11.5 Å². The molecule has 0 radical (unpaired) electrons. The van der Waals surface area contributed by atoms with Crippen molar-refractivity contribution in [3.8, 4) is 0 Å². The number of halogens is 1. The number of rotatable bonds is 3. The average molecular weight is 376 g/mol. The van der Waals surface area contributed by atoms with E-state index in [4.69, 9.17) is 4.74 Å². The quantitative estimate of drug-likeness (QED) is 0.773. The number of carbonyl (C=O) groups is 1. The minimum Gasteiger partial charge on any atom is -0.465 e. The van der Waals surface area contributed by atoms with Gasteiger partial charge in [-0.05, 0) is 43.0 Å². The average Bonchev–Trinajstić information content (AvgIpc) is 2.58. The molecule has 0 saturated heterocycles. The summed E-state index contributed by atoms with van der Waals surface area (Å²) < 4.78 is 7.66. The van der Waals surface area contributed by atoms with E-state index in [2.05, 4.69) is 15.9 Å². The van der Waals surface area contributed by atoms with Crippen molar-refractivity contribution in [2.24, 2.45) is 0 Å². The standard InChI is InChI=1S/C18H18BrNO3/c1-23-18(22)15-11-13(10-12-5-7-14(19)8-6-12)17(21)20-9-3-2-4-16(15)20/h5-8,11H,2-4,9-10H2,1H3. The van der Waals surface area contributed by atoms with Crippen LogP contribution in [-0.2, 0) is 24.1 Å². The smallest absolute Gasteiger partial charge is 0.339 e. The first-order chi connectivity index (χ1) is 11.1. The Hall–Kier alpha value is -1.88. The summed E-state index contributed by atoms with van der Waals surface area (Å²) in [6.07, 6.45) is 3.22. The summed E-state index contributed by atoms with van der Waals surface area (Å²) in [4.78, 5) is 24.9. The Morgan fingerprint density at radius 3 is 2.70 bits per heavy atom. The molecular formula is C18H18BrNO3. The molecule has 0 atom stereocenters. The fourth-order valence-corrected chi connectivity index (χ4v) is 3.33. The molecule has 0 bridgehead atoms. The Balaban J connectivity index is 2.07. The van der Waals surface area contributed by atoms with Crippen LogP contribution in [0.2, 0.25) is 0 Å². The van der Waals surface area contributed by atoms with Crippen molar-refractivity contribution in [1.29, 1.82) is 0 Å². The number of esters is 1. The molecular weight excluding hydrogens is 358 g/mol. The van der Waals surface area contributed by atoms with Gasteiger partial charge in [0.2, 0.25) is 0 Å². The van der Waals surface area contributed by atoms with Gasteiger partial charge in [-0.1, -0.05) is 28.1 Å². The number of nitrogens with zero attached hydrogens (tertiary/aromatic N) is 1. The van der Waals surface area contributed by atoms with Crippen LogP contribution >= 0.6 is 15.9 Å². The van der Waals surface area contributed by atoms with E-state index < -0.39 is 0 Å². The zero-order chi connectivity index (χ0) is 16.4. The third-order valence-corrected chi connectivity index (χ3v) is 4.76. The van der Waals surface area contributed by atoms with E-state index in [0.717, 1.165) is 35.0 Å². The lowest BCUT2D eigenvalue weighted by Crippen LogP contribution is -2.32. The van der Waals surface area contributed by atoms with Gasteiger partial charge in [0.1, 0.15) is 0 Å². The maximum absolute atomic E-state index is 12.7. The number of aromatic nitrogens is 1. The predicted molar refractivity (Wildman–Crippen MR) is 91.9 cm³/mol. The maximum Gasteiger partial charge on any atom is 0.339 e. The van der Waals surface area contributed by atoms with Crippen molar-refractivity contribution >= 4 is 21.9 Å². The van der Waals surface area contributed by atoms with Crippen LogP contribution in [0.3, 0.4) is 0 Å². The first-order valence-electron chi connectivity index (χ1n) is 7.68. The van der Waals surface area contributed by atoms with Gasteiger partial charge in [0, 0.05) is 28.7 Å². The zero-order valence-electron chi connectivity index (χ0n) is 13.0. The molecule has 3 rings (SSSR count). The molecule has 0 N–H and O–H groups in total. The van der Waals surface area contributed by atoms with E-state index >= 15 is 0 Å². The maximum atomic E-state index is 12.7.